The lowest BCUT2D eigenvalue weighted by Gasteiger charge is -2.63. The number of aliphatic hydroxyl groups is 1. The predicted octanol–water partition coefficient (Wildman–Crippen LogP) is 2.72. The van der Waals surface area contributed by atoms with Gasteiger partial charge < -0.3 is 14.9 Å². The van der Waals surface area contributed by atoms with E-state index in [-0.39, 0.29) is 28.1 Å². The van der Waals surface area contributed by atoms with E-state index in [2.05, 4.69) is 26.9 Å². The van der Waals surface area contributed by atoms with Crippen LogP contribution in [0.5, 0.6) is 11.5 Å². The number of aromatic hydroxyl groups is 1. The molecule has 0 radical (unpaired) electrons. The largest absolute Gasteiger partial charge is 0.504 e. The Hall–Kier alpha value is -0.780. The maximum atomic E-state index is 12.1. The van der Waals surface area contributed by atoms with Crippen LogP contribution in [0.25, 0.3) is 0 Å². The molecule has 2 bridgehead atoms. The number of hydrogen-bond donors (Lipinski definition) is 2. The zero-order chi connectivity index (χ0) is 17.0. The third kappa shape index (κ3) is 1.71. The van der Waals surface area contributed by atoms with Crippen LogP contribution in [0.2, 0.25) is 0 Å². The molecule has 3 aliphatic carbocycles. The molecule has 3 fully saturated rings. The summed E-state index contributed by atoms with van der Waals surface area (Å²) >= 11 is 3.83. The Bertz CT molecular complexity index is 766. The molecule has 0 aromatic heterocycles. The molecule has 2 N–H and O–H groups in total. The van der Waals surface area contributed by atoms with Gasteiger partial charge in [0, 0.05) is 18.2 Å². The topological polar surface area (TPSA) is 52.9 Å². The summed E-state index contributed by atoms with van der Waals surface area (Å²) in [5.41, 5.74) is 1.27. The van der Waals surface area contributed by atoms with Crippen LogP contribution >= 0.6 is 15.9 Å². The Morgan fingerprint density at radius 3 is 2.88 bits per heavy atom. The molecule has 25 heavy (non-hydrogen) atoms. The molecule has 134 valence electrons. The van der Waals surface area contributed by atoms with E-state index in [0.717, 1.165) is 50.3 Å². The number of alkyl halides is 1. The molecule has 2 aliphatic heterocycles. The number of piperidine rings is 1. The first kappa shape index (κ1) is 15.3. The molecule has 5 aliphatic rings. The van der Waals surface area contributed by atoms with Gasteiger partial charge in [-0.25, -0.2) is 0 Å². The Labute approximate surface area is 156 Å². The number of phenolic OH excluding ortho intramolecular Hbond substituents is 1. The van der Waals surface area contributed by atoms with E-state index < -0.39 is 5.60 Å². The summed E-state index contributed by atoms with van der Waals surface area (Å²) in [6.07, 6.45) is 6.12. The van der Waals surface area contributed by atoms with Gasteiger partial charge in [0.1, 0.15) is 6.10 Å². The molecule has 5 heteroatoms. The number of ether oxygens (including phenoxy) is 1. The molecule has 0 amide bonds. The Balaban J connectivity index is 1.57. The van der Waals surface area contributed by atoms with E-state index in [0.29, 0.717) is 5.75 Å². The highest BCUT2D eigenvalue weighted by Crippen LogP contribution is 2.66. The molecule has 1 spiro atoms. The highest BCUT2D eigenvalue weighted by atomic mass is 79.9. The van der Waals surface area contributed by atoms with Crippen LogP contribution in [0, 0.1) is 5.92 Å². The first-order valence-electron chi connectivity index (χ1n) is 9.67. The number of phenols is 1. The van der Waals surface area contributed by atoms with Crippen molar-refractivity contribution in [1.29, 1.82) is 0 Å². The lowest BCUT2D eigenvalue weighted by Crippen LogP contribution is -2.76. The van der Waals surface area contributed by atoms with E-state index in [1.807, 2.05) is 0 Å². The van der Waals surface area contributed by atoms with Gasteiger partial charge in [-0.1, -0.05) is 22.0 Å². The van der Waals surface area contributed by atoms with Gasteiger partial charge in [-0.05, 0) is 62.6 Å². The predicted molar refractivity (Wildman–Crippen MR) is 97.5 cm³/mol. The van der Waals surface area contributed by atoms with Crippen molar-refractivity contribution in [1.82, 2.24) is 4.90 Å². The van der Waals surface area contributed by atoms with Crippen LogP contribution in [-0.4, -0.2) is 50.8 Å². The van der Waals surface area contributed by atoms with E-state index in [4.69, 9.17) is 4.74 Å². The quantitative estimate of drug-likeness (QED) is 0.742. The number of rotatable bonds is 2. The van der Waals surface area contributed by atoms with Gasteiger partial charge in [-0.2, -0.15) is 0 Å². The van der Waals surface area contributed by atoms with Crippen molar-refractivity contribution in [2.45, 2.75) is 66.5 Å². The van der Waals surface area contributed by atoms with Crippen LogP contribution < -0.4 is 4.74 Å². The number of likely N-dealkylation sites (tertiary alicyclic amines) is 1. The molecule has 2 saturated carbocycles. The smallest absolute Gasteiger partial charge is 0.165 e. The van der Waals surface area contributed by atoms with Crippen molar-refractivity contribution >= 4 is 15.9 Å². The van der Waals surface area contributed by atoms with Crippen LogP contribution in [0.3, 0.4) is 0 Å². The first-order valence-corrected chi connectivity index (χ1v) is 10.6. The van der Waals surface area contributed by atoms with Crippen molar-refractivity contribution in [3.8, 4) is 11.5 Å². The maximum absolute atomic E-state index is 12.1. The fourth-order valence-electron chi connectivity index (χ4n) is 6.42. The second kappa shape index (κ2) is 4.73. The zero-order valence-corrected chi connectivity index (χ0v) is 15.8. The van der Waals surface area contributed by atoms with Gasteiger partial charge >= 0.3 is 0 Å². The minimum Gasteiger partial charge on any atom is -0.504 e. The molecule has 1 saturated heterocycles. The SMILES string of the molecule is Oc1ccc2c3c1O[C@H]1[C@@H](Br)CC[C@@]4(O)[C@@H](C2)N(CC2CC2)CC[C@]314. The number of halogens is 1. The molecule has 1 aromatic carbocycles. The third-order valence-electron chi connectivity index (χ3n) is 7.69. The van der Waals surface area contributed by atoms with Crippen molar-refractivity contribution in [2.24, 2.45) is 5.92 Å². The average molecular weight is 406 g/mol. The second-order valence-electron chi connectivity index (χ2n) is 8.84. The molecule has 4 nitrogen and oxygen atoms in total. The van der Waals surface area contributed by atoms with Crippen LogP contribution in [0.15, 0.2) is 12.1 Å². The Morgan fingerprint density at radius 1 is 1.24 bits per heavy atom. The molecular weight excluding hydrogens is 382 g/mol. The minimum absolute atomic E-state index is 0.0841. The summed E-state index contributed by atoms with van der Waals surface area (Å²) in [6.45, 7) is 2.16. The number of benzene rings is 1. The molecule has 6 rings (SSSR count). The summed E-state index contributed by atoms with van der Waals surface area (Å²) in [5, 5.41) is 22.5. The average Bonchev–Trinajstić information content (AvgIpc) is 3.32. The Kier molecular flexibility index (Phi) is 2.90. The second-order valence-corrected chi connectivity index (χ2v) is 10.0. The van der Waals surface area contributed by atoms with Gasteiger partial charge in [0.25, 0.3) is 0 Å². The van der Waals surface area contributed by atoms with Gasteiger partial charge in [-0.15, -0.1) is 0 Å². The molecular formula is C20H24BrNO3. The summed E-state index contributed by atoms with van der Waals surface area (Å²) < 4.78 is 6.34. The van der Waals surface area contributed by atoms with Gasteiger partial charge in [-0.3, -0.25) is 4.90 Å². The van der Waals surface area contributed by atoms with Crippen LogP contribution in [0.4, 0.5) is 0 Å². The maximum Gasteiger partial charge on any atom is 0.165 e. The fraction of sp³-hybridized carbons (Fsp3) is 0.700. The highest BCUT2D eigenvalue weighted by Gasteiger charge is 2.72. The zero-order valence-electron chi connectivity index (χ0n) is 14.2. The van der Waals surface area contributed by atoms with Gasteiger partial charge in [0.05, 0.1) is 15.8 Å². The van der Waals surface area contributed by atoms with Crippen molar-refractivity contribution in [3.63, 3.8) is 0 Å². The van der Waals surface area contributed by atoms with E-state index in [1.165, 1.54) is 18.4 Å². The summed E-state index contributed by atoms with van der Waals surface area (Å²) in [7, 11) is 0. The summed E-state index contributed by atoms with van der Waals surface area (Å²) in [6, 6.07) is 4.01. The van der Waals surface area contributed by atoms with Crippen molar-refractivity contribution < 1.29 is 14.9 Å². The van der Waals surface area contributed by atoms with E-state index in [1.54, 1.807) is 6.07 Å². The standard InChI is InChI=1S/C20H24BrNO3/c21-13-5-6-20(24)15-9-12-3-4-14(23)17-16(12)19(20,18(13)25-17)7-8-22(15)10-11-1-2-11/h3-4,11,13,15,18,23-24H,1-2,5-10H2/t13-,15+,18-,19-,20+/m0/s1. The van der Waals surface area contributed by atoms with Crippen LogP contribution in [0.1, 0.15) is 43.2 Å². The number of hydrogen-bond acceptors (Lipinski definition) is 4. The Morgan fingerprint density at radius 2 is 2.08 bits per heavy atom. The molecule has 2 heterocycles. The van der Waals surface area contributed by atoms with E-state index in [9.17, 15) is 10.2 Å². The molecule has 1 aromatic rings. The lowest BCUT2D eigenvalue weighted by molar-refractivity contribution is -0.183. The fourth-order valence-corrected chi connectivity index (χ4v) is 7.21. The van der Waals surface area contributed by atoms with Crippen molar-refractivity contribution in [2.75, 3.05) is 13.1 Å². The van der Waals surface area contributed by atoms with Crippen molar-refractivity contribution in [3.05, 3.63) is 23.3 Å². The third-order valence-corrected chi connectivity index (χ3v) is 8.63. The molecule has 5 atom stereocenters. The number of nitrogens with zero attached hydrogens (tertiary/aromatic N) is 1. The molecule has 0 unspecified atom stereocenters. The van der Waals surface area contributed by atoms with Gasteiger partial charge in [0.15, 0.2) is 11.5 Å². The van der Waals surface area contributed by atoms with Gasteiger partial charge in [0.2, 0.25) is 0 Å². The summed E-state index contributed by atoms with van der Waals surface area (Å²) in [5.74, 6) is 1.70. The summed E-state index contributed by atoms with van der Waals surface area (Å²) in [4.78, 5) is 2.80. The monoisotopic (exact) mass is 405 g/mol. The first-order chi connectivity index (χ1) is 12.0. The minimum atomic E-state index is -0.749. The normalized spacial score (nSPS) is 44.3. The van der Waals surface area contributed by atoms with Crippen LogP contribution in [-0.2, 0) is 11.8 Å². The lowest BCUT2D eigenvalue weighted by atomic mass is 9.49. The van der Waals surface area contributed by atoms with E-state index >= 15 is 0 Å². The highest BCUT2D eigenvalue weighted by molar-refractivity contribution is 9.09.